The molecule has 0 aliphatic heterocycles. The van der Waals surface area contributed by atoms with Crippen LogP contribution in [0, 0.1) is 11.6 Å². The lowest BCUT2D eigenvalue weighted by molar-refractivity contribution is -0.112. The topological polar surface area (TPSA) is 71.2 Å². The highest BCUT2D eigenvalue weighted by atomic mass is 35.5. The zero-order valence-electron chi connectivity index (χ0n) is 13.3. The Hall–Kier alpha value is -2.93. The van der Waals surface area contributed by atoms with Crippen LogP contribution in [0.2, 0.25) is 0 Å². The number of hydrogen-bond acceptors (Lipinski definition) is 3. The van der Waals surface area contributed by atoms with Gasteiger partial charge in [0, 0.05) is 24.0 Å². The van der Waals surface area contributed by atoms with Gasteiger partial charge in [0.25, 0.3) is 5.91 Å². The van der Waals surface area contributed by atoms with Crippen LogP contribution in [0.15, 0.2) is 64.8 Å². The molecule has 1 atom stereocenters. The van der Waals surface area contributed by atoms with Gasteiger partial charge in [0.05, 0.1) is 11.0 Å². The van der Waals surface area contributed by atoms with Gasteiger partial charge in [-0.05, 0) is 30.7 Å². The molecule has 1 unspecified atom stereocenters. The molecule has 3 rings (SSSR count). The van der Waals surface area contributed by atoms with Gasteiger partial charge >= 0.3 is 0 Å². The maximum atomic E-state index is 13.8. The Kier molecular flexibility index (Phi) is 5.18. The predicted molar refractivity (Wildman–Crippen MR) is 93.1 cm³/mol. The van der Waals surface area contributed by atoms with Crippen molar-refractivity contribution >= 4 is 23.2 Å². The minimum Gasteiger partial charge on any atom is -0.454 e. The number of carbonyl (C=O) groups is 1. The Morgan fingerprint density at radius 2 is 2.08 bits per heavy atom. The molecule has 1 aromatic carbocycles. The van der Waals surface area contributed by atoms with Crippen molar-refractivity contribution in [2.45, 2.75) is 11.8 Å². The van der Waals surface area contributed by atoms with Crippen molar-refractivity contribution in [1.29, 1.82) is 0 Å². The third-order valence-electron chi connectivity index (χ3n) is 3.54. The maximum absolute atomic E-state index is 13.8. The molecule has 0 bridgehead atoms. The summed E-state index contributed by atoms with van der Waals surface area (Å²) in [5, 5.41) is 2.12. The summed E-state index contributed by atoms with van der Waals surface area (Å²) in [6.07, 6.45) is 4.79. The fraction of sp³-hybridized carbons (Fsp3) is 0.111. The van der Waals surface area contributed by atoms with Gasteiger partial charge in [-0.15, -0.1) is 11.6 Å². The van der Waals surface area contributed by atoms with E-state index in [1.54, 1.807) is 6.08 Å². The first-order valence-corrected chi connectivity index (χ1v) is 8.05. The largest absolute Gasteiger partial charge is 0.454 e. The summed E-state index contributed by atoms with van der Waals surface area (Å²) >= 11 is 6.06. The number of aromatic nitrogens is 1. The molecule has 1 amide bonds. The van der Waals surface area contributed by atoms with E-state index in [0.717, 1.165) is 12.1 Å². The summed E-state index contributed by atoms with van der Waals surface area (Å²) in [5.41, 5.74) is 0.0486. The van der Waals surface area contributed by atoms with Gasteiger partial charge < -0.3 is 15.0 Å². The first kappa shape index (κ1) is 17.9. The van der Waals surface area contributed by atoms with E-state index in [1.165, 1.54) is 24.4 Å². The summed E-state index contributed by atoms with van der Waals surface area (Å²) in [5.74, 6) is -2.39. The van der Waals surface area contributed by atoms with E-state index in [-0.39, 0.29) is 22.6 Å². The number of carbonyl (C=O) groups excluding carboxylic acids is 1. The molecule has 134 valence electrons. The van der Waals surface area contributed by atoms with Gasteiger partial charge in [0.15, 0.2) is 11.6 Å². The van der Waals surface area contributed by atoms with Crippen LogP contribution in [0.1, 0.15) is 6.42 Å². The molecule has 0 saturated heterocycles. The van der Waals surface area contributed by atoms with Gasteiger partial charge in [0.1, 0.15) is 11.6 Å². The van der Waals surface area contributed by atoms with Crippen molar-refractivity contribution in [3.8, 4) is 5.75 Å². The Bertz CT molecular complexity index is 969. The van der Waals surface area contributed by atoms with E-state index in [4.69, 9.17) is 16.3 Å². The molecule has 8 heteroatoms. The molecule has 5 nitrogen and oxygen atoms in total. The molecule has 0 spiro atoms. The lowest BCUT2D eigenvalue weighted by atomic mass is 10.0. The first-order chi connectivity index (χ1) is 12.4. The minimum atomic E-state index is -0.906. The fourth-order valence-corrected chi connectivity index (χ4v) is 2.55. The van der Waals surface area contributed by atoms with Gasteiger partial charge in [-0.2, -0.15) is 0 Å². The molecular formula is C18H13ClF2N2O3. The highest BCUT2D eigenvalue weighted by Crippen LogP contribution is 2.28. The van der Waals surface area contributed by atoms with Crippen molar-refractivity contribution < 1.29 is 18.3 Å². The molecule has 1 aromatic heterocycles. The standard InChI is InChI=1S/C18H13ClF2N2O3/c19-10-1-3-13(18(25)23-12-5-6-22-17(24)9-12)16(7-10)26-15-4-2-11(20)8-14(15)21/h2-10H,1H2,(H2,22,23,24,25). The molecule has 2 N–H and O–H groups in total. The van der Waals surface area contributed by atoms with E-state index in [0.29, 0.717) is 18.2 Å². The van der Waals surface area contributed by atoms with Crippen molar-refractivity contribution in [2.24, 2.45) is 0 Å². The smallest absolute Gasteiger partial charge is 0.259 e. The van der Waals surface area contributed by atoms with Crippen LogP contribution >= 0.6 is 11.6 Å². The number of pyridine rings is 1. The number of H-pyrrole nitrogens is 1. The second-order valence-corrected chi connectivity index (χ2v) is 6.03. The Morgan fingerprint density at radius 1 is 1.27 bits per heavy atom. The number of allylic oxidation sites excluding steroid dienone is 2. The number of nitrogens with one attached hydrogen (secondary N) is 2. The van der Waals surface area contributed by atoms with Crippen LogP contribution < -0.4 is 15.6 Å². The Balaban J connectivity index is 1.83. The van der Waals surface area contributed by atoms with E-state index in [2.05, 4.69) is 10.3 Å². The average molecular weight is 379 g/mol. The van der Waals surface area contributed by atoms with Crippen LogP contribution in [-0.2, 0) is 4.79 Å². The van der Waals surface area contributed by atoms with E-state index in [1.807, 2.05) is 0 Å². The summed E-state index contributed by atoms with van der Waals surface area (Å²) < 4.78 is 32.3. The number of hydrogen-bond donors (Lipinski definition) is 2. The fourth-order valence-electron chi connectivity index (χ4n) is 2.34. The van der Waals surface area contributed by atoms with Crippen LogP contribution in [0.5, 0.6) is 5.75 Å². The molecule has 0 radical (unpaired) electrons. The molecule has 2 aromatic rings. The Labute approximate surface area is 151 Å². The van der Waals surface area contributed by atoms with E-state index < -0.39 is 22.9 Å². The van der Waals surface area contributed by atoms with Crippen molar-refractivity contribution in [3.05, 3.63) is 82.0 Å². The zero-order chi connectivity index (χ0) is 18.7. The summed E-state index contributed by atoms with van der Waals surface area (Å²) in [6.45, 7) is 0. The van der Waals surface area contributed by atoms with Crippen LogP contribution in [0.4, 0.5) is 14.5 Å². The number of anilines is 1. The van der Waals surface area contributed by atoms with Crippen molar-refractivity contribution in [3.63, 3.8) is 0 Å². The lowest BCUT2D eigenvalue weighted by Gasteiger charge is -2.19. The number of benzene rings is 1. The number of amides is 1. The molecule has 0 saturated carbocycles. The van der Waals surface area contributed by atoms with Gasteiger partial charge in [0.2, 0.25) is 5.56 Å². The summed E-state index contributed by atoms with van der Waals surface area (Å²) in [6, 6.07) is 5.57. The van der Waals surface area contributed by atoms with Crippen LogP contribution in [0.25, 0.3) is 0 Å². The van der Waals surface area contributed by atoms with Gasteiger partial charge in [-0.1, -0.05) is 6.08 Å². The quantitative estimate of drug-likeness (QED) is 0.800. The minimum absolute atomic E-state index is 0.0455. The summed E-state index contributed by atoms with van der Waals surface area (Å²) in [4.78, 5) is 26.3. The molecular weight excluding hydrogens is 366 g/mol. The number of aromatic amines is 1. The molecule has 26 heavy (non-hydrogen) atoms. The predicted octanol–water partition coefficient (Wildman–Crippen LogP) is 3.49. The average Bonchev–Trinajstić information content (AvgIpc) is 2.57. The molecule has 1 heterocycles. The highest BCUT2D eigenvalue weighted by Gasteiger charge is 2.23. The van der Waals surface area contributed by atoms with Crippen molar-refractivity contribution in [1.82, 2.24) is 4.98 Å². The van der Waals surface area contributed by atoms with Crippen LogP contribution in [-0.4, -0.2) is 16.3 Å². The highest BCUT2D eigenvalue weighted by molar-refractivity contribution is 6.22. The third kappa shape index (κ3) is 4.18. The summed E-state index contributed by atoms with van der Waals surface area (Å²) in [7, 11) is 0. The first-order valence-electron chi connectivity index (χ1n) is 7.62. The lowest BCUT2D eigenvalue weighted by Crippen LogP contribution is -2.22. The van der Waals surface area contributed by atoms with Crippen LogP contribution in [0.3, 0.4) is 0 Å². The number of ether oxygens (including phenoxy) is 1. The third-order valence-corrected chi connectivity index (χ3v) is 3.84. The number of alkyl halides is 1. The van der Waals surface area contributed by atoms with Crippen molar-refractivity contribution in [2.75, 3.05) is 5.32 Å². The second-order valence-electron chi connectivity index (χ2n) is 5.47. The van der Waals surface area contributed by atoms with Gasteiger partial charge in [-0.25, -0.2) is 8.78 Å². The van der Waals surface area contributed by atoms with Gasteiger partial charge in [-0.3, -0.25) is 9.59 Å². The zero-order valence-corrected chi connectivity index (χ0v) is 14.0. The molecule has 0 fully saturated rings. The number of rotatable bonds is 4. The van der Waals surface area contributed by atoms with E-state index >= 15 is 0 Å². The molecule has 1 aliphatic carbocycles. The SMILES string of the molecule is O=C(Nc1cc[nH]c(=O)c1)C1=CCC(Cl)C=C1Oc1ccc(F)cc1F. The monoisotopic (exact) mass is 378 g/mol. The molecule has 1 aliphatic rings. The van der Waals surface area contributed by atoms with E-state index in [9.17, 15) is 18.4 Å². The maximum Gasteiger partial charge on any atom is 0.259 e. The normalized spacial score (nSPS) is 16.5. The second kappa shape index (κ2) is 7.53. The Morgan fingerprint density at radius 3 is 2.81 bits per heavy atom. The number of halogens is 3.